The van der Waals surface area contributed by atoms with E-state index in [4.69, 9.17) is 0 Å². The molecule has 0 spiro atoms. The van der Waals surface area contributed by atoms with E-state index in [0.29, 0.717) is 0 Å². The first kappa shape index (κ1) is 10.0. The highest BCUT2D eigenvalue weighted by Crippen LogP contribution is 2.14. The second kappa shape index (κ2) is 6.44. The number of hydrogen-bond acceptors (Lipinski definition) is 0. The van der Waals surface area contributed by atoms with Gasteiger partial charge in [-0.25, -0.2) is 0 Å². The molecule has 0 aliphatic heterocycles. The number of hydrogen-bond donors (Lipinski definition) is 2. The van der Waals surface area contributed by atoms with Gasteiger partial charge in [0.15, 0.2) is 0 Å². The largest absolute Gasteiger partial charge is 0.342 e. The first-order valence-corrected chi connectivity index (χ1v) is 5.58. The summed E-state index contributed by atoms with van der Waals surface area (Å²) in [6.07, 6.45) is 7.35. The molecule has 0 aromatic heterocycles. The molecule has 0 saturated heterocycles. The zero-order valence-corrected chi connectivity index (χ0v) is 8.39. The van der Waals surface area contributed by atoms with Gasteiger partial charge >= 0.3 is 0 Å². The fraction of sp³-hybridized carbons (Fsp3) is 1.00. The van der Waals surface area contributed by atoms with Crippen LogP contribution in [0.15, 0.2) is 0 Å². The SMILES string of the molecule is CC[NH2+]CC[NH2+]C1CCCCC1. The summed E-state index contributed by atoms with van der Waals surface area (Å²) < 4.78 is 0. The van der Waals surface area contributed by atoms with Crippen molar-refractivity contribution in [2.75, 3.05) is 19.6 Å². The molecular weight excluding hydrogens is 148 g/mol. The lowest BCUT2D eigenvalue weighted by Gasteiger charge is -2.19. The summed E-state index contributed by atoms with van der Waals surface area (Å²) in [5.41, 5.74) is 0. The third-order valence-corrected chi connectivity index (χ3v) is 2.81. The van der Waals surface area contributed by atoms with E-state index in [1.54, 1.807) is 0 Å². The van der Waals surface area contributed by atoms with Crippen LogP contribution in [-0.2, 0) is 0 Å². The van der Waals surface area contributed by atoms with Gasteiger partial charge in [0.05, 0.1) is 12.6 Å². The van der Waals surface area contributed by atoms with Gasteiger partial charge in [0.1, 0.15) is 13.1 Å². The number of rotatable bonds is 5. The van der Waals surface area contributed by atoms with Crippen LogP contribution in [0.2, 0.25) is 0 Å². The van der Waals surface area contributed by atoms with Gasteiger partial charge in [0, 0.05) is 0 Å². The Hall–Kier alpha value is -0.0800. The van der Waals surface area contributed by atoms with Crippen LogP contribution in [0, 0.1) is 0 Å². The van der Waals surface area contributed by atoms with Crippen LogP contribution in [-0.4, -0.2) is 25.7 Å². The van der Waals surface area contributed by atoms with Crippen molar-refractivity contribution in [2.24, 2.45) is 0 Å². The fourth-order valence-corrected chi connectivity index (χ4v) is 2.02. The molecule has 0 amide bonds. The van der Waals surface area contributed by atoms with E-state index in [1.807, 2.05) is 0 Å². The van der Waals surface area contributed by atoms with Gasteiger partial charge in [-0.3, -0.25) is 0 Å². The average Bonchev–Trinajstić information content (AvgIpc) is 2.14. The molecule has 0 aromatic rings. The molecule has 1 saturated carbocycles. The minimum absolute atomic E-state index is 0.962. The van der Waals surface area contributed by atoms with E-state index >= 15 is 0 Å². The summed E-state index contributed by atoms with van der Waals surface area (Å²) in [5.74, 6) is 0. The fourth-order valence-electron chi connectivity index (χ4n) is 2.02. The molecule has 0 bridgehead atoms. The smallest absolute Gasteiger partial charge is 0.125 e. The normalized spacial score (nSPS) is 19.8. The van der Waals surface area contributed by atoms with Crippen LogP contribution in [0.3, 0.4) is 0 Å². The van der Waals surface area contributed by atoms with Crippen LogP contribution < -0.4 is 10.6 Å². The van der Waals surface area contributed by atoms with Crippen LogP contribution >= 0.6 is 0 Å². The van der Waals surface area contributed by atoms with E-state index in [0.717, 1.165) is 6.04 Å². The first-order valence-electron chi connectivity index (χ1n) is 5.58. The zero-order chi connectivity index (χ0) is 8.65. The molecule has 4 N–H and O–H groups in total. The van der Waals surface area contributed by atoms with Crippen molar-refractivity contribution in [1.82, 2.24) is 0 Å². The van der Waals surface area contributed by atoms with E-state index in [2.05, 4.69) is 17.6 Å². The lowest BCUT2D eigenvalue weighted by atomic mass is 9.95. The van der Waals surface area contributed by atoms with Gasteiger partial charge in [-0.05, 0) is 32.6 Å². The van der Waals surface area contributed by atoms with Gasteiger partial charge in [0.25, 0.3) is 0 Å². The van der Waals surface area contributed by atoms with E-state index in [1.165, 1.54) is 51.7 Å². The van der Waals surface area contributed by atoms with Gasteiger partial charge < -0.3 is 10.6 Å². The molecule has 1 aliphatic carbocycles. The molecule has 2 heteroatoms. The highest BCUT2D eigenvalue weighted by atomic mass is 15.0. The summed E-state index contributed by atoms with van der Waals surface area (Å²) >= 11 is 0. The number of nitrogens with two attached hydrogens (primary N) is 2. The predicted octanol–water partition coefficient (Wildman–Crippen LogP) is -0.534. The lowest BCUT2D eigenvalue weighted by molar-refractivity contribution is -0.741. The Morgan fingerprint density at radius 1 is 1.08 bits per heavy atom. The maximum atomic E-state index is 2.56. The Morgan fingerprint density at radius 2 is 1.83 bits per heavy atom. The van der Waals surface area contributed by atoms with Crippen molar-refractivity contribution in [3.05, 3.63) is 0 Å². The molecule has 2 nitrogen and oxygen atoms in total. The predicted molar refractivity (Wildman–Crippen MR) is 51.0 cm³/mol. The third-order valence-electron chi connectivity index (χ3n) is 2.81. The quantitative estimate of drug-likeness (QED) is 0.523. The Morgan fingerprint density at radius 3 is 2.50 bits per heavy atom. The van der Waals surface area contributed by atoms with Gasteiger partial charge in [-0.2, -0.15) is 0 Å². The summed E-state index contributed by atoms with van der Waals surface area (Å²) in [6, 6.07) is 0.962. The van der Waals surface area contributed by atoms with Crippen molar-refractivity contribution < 1.29 is 10.6 Å². The van der Waals surface area contributed by atoms with Crippen LogP contribution in [0.25, 0.3) is 0 Å². The summed E-state index contributed by atoms with van der Waals surface area (Å²) in [6.45, 7) is 6.07. The molecule has 0 radical (unpaired) electrons. The molecule has 72 valence electrons. The molecule has 0 heterocycles. The van der Waals surface area contributed by atoms with Crippen molar-refractivity contribution in [3.8, 4) is 0 Å². The van der Waals surface area contributed by atoms with Gasteiger partial charge in [-0.15, -0.1) is 0 Å². The topological polar surface area (TPSA) is 33.2 Å². The van der Waals surface area contributed by atoms with Crippen molar-refractivity contribution >= 4 is 0 Å². The minimum Gasteiger partial charge on any atom is -0.342 e. The highest BCUT2D eigenvalue weighted by Gasteiger charge is 2.15. The second-order valence-corrected chi connectivity index (χ2v) is 3.91. The van der Waals surface area contributed by atoms with Crippen LogP contribution in [0.1, 0.15) is 39.0 Å². The molecule has 1 fully saturated rings. The Labute approximate surface area is 76.1 Å². The molecule has 0 unspecified atom stereocenters. The van der Waals surface area contributed by atoms with E-state index < -0.39 is 0 Å². The van der Waals surface area contributed by atoms with Crippen LogP contribution in [0.4, 0.5) is 0 Å². The molecule has 0 atom stereocenters. The standard InChI is InChI=1S/C10H22N2/c1-2-11-8-9-12-10-6-4-3-5-7-10/h10-12H,2-9H2,1H3/p+2. The molecular formula is C10H24N2+2. The second-order valence-electron chi connectivity index (χ2n) is 3.91. The Balaban J connectivity index is 1.91. The monoisotopic (exact) mass is 172 g/mol. The maximum absolute atomic E-state index is 2.56. The number of quaternary nitrogens is 2. The molecule has 1 rings (SSSR count). The summed E-state index contributed by atoms with van der Waals surface area (Å²) in [7, 11) is 0. The van der Waals surface area contributed by atoms with Crippen molar-refractivity contribution in [2.45, 2.75) is 45.1 Å². The van der Waals surface area contributed by atoms with Gasteiger partial charge in [-0.1, -0.05) is 6.42 Å². The summed E-state index contributed by atoms with van der Waals surface area (Å²) in [4.78, 5) is 0. The minimum atomic E-state index is 0.962. The van der Waals surface area contributed by atoms with E-state index in [-0.39, 0.29) is 0 Å². The molecule has 1 aliphatic rings. The van der Waals surface area contributed by atoms with Crippen molar-refractivity contribution in [1.29, 1.82) is 0 Å². The first-order chi connectivity index (χ1) is 5.93. The zero-order valence-electron chi connectivity index (χ0n) is 8.39. The number of likely N-dealkylation sites (N-methyl/N-ethyl adjacent to an activating group) is 1. The third kappa shape index (κ3) is 4.07. The maximum Gasteiger partial charge on any atom is 0.125 e. The van der Waals surface area contributed by atoms with Crippen LogP contribution in [0.5, 0.6) is 0 Å². The highest BCUT2D eigenvalue weighted by molar-refractivity contribution is 4.61. The average molecular weight is 172 g/mol. The van der Waals surface area contributed by atoms with E-state index in [9.17, 15) is 0 Å². The molecule has 12 heavy (non-hydrogen) atoms. The summed E-state index contributed by atoms with van der Waals surface area (Å²) in [5, 5.41) is 4.95. The Kier molecular flexibility index (Phi) is 5.37. The Bertz CT molecular complexity index is 98.0. The van der Waals surface area contributed by atoms with Crippen molar-refractivity contribution in [3.63, 3.8) is 0 Å². The lowest BCUT2D eigenvalue weighted by Crippen LogP contribution is -2.97. The van der Waals surface area contributed by atoms with Gasteiger partial charge in [0.2, 0.25) is 0 Å². The molecule has 0 aromatic carbocycles.